The summed E-state index contributed by atoms with van der Waals surface area (Å²) in [5, 5.41) is 11.8. The Morgan fingerprint density at radius 3 is 2.25 bits per heavy atom. The first kappa shape index (κ1) is 19.6. The molecule has 1 atom stereocenters. The molecule has 2 N–H and O–H groups in total. The van der Waals surface area contributed by atoms with E-state index in [9.17, 15) is 14.7 Å². The van der Waals surface area contributed by atoms with Crippen molar-refractivity contribution in [2.45, 2.75) is 18.4 Å². The monoisotopic (exact) mass is 381 g/mol. The summed E-state index contributed by atoms with van der Waals surface area (Å²) in [4.78, 5) is 23.9. The second kappa shape index (κ2) is 8.27. The number of carboxylic acid groups (broad SMARTS) is 1. The molecule has 0 bridgehead atoms. The maximum atomic E-state index is 12.3. The van der Waals surface area contributed by atoms with Crippen LogP contribution in [0.2, 0.25) is 0 Å². The van der Waals surface area contributed by atoms with Crippen molar-refractivity contribution in [1.29, 1.82) is 0 Å². The standard InChI is InChI=1S/C22H23NO5/c1-3-12-27-14-22(2,20(24)25)23-21(26)28-13-19-17-10-6-4-8-15(17)16-9-5-7-11-18(16)19/h3-11,19H,1,12-14H2,2H3,(H,23,26)(H,24,25)/t22-/m1/s1. The molecule has 1 aliphatic carbocycles. The van der Waals surface area contributed by atoms with Gasteiger partial charge in [0.25, 0.3) is 0 Å². The lowest BCUT2D eigenvalue weighted by molar-refractivity contribution is -0.146. The third kappa shape index (κ3) is 3.92. The third-order valence-electron chi connectivity index (χ3n) is 4.82. The molecule has 1 aliphatic rings. The van der Waals surface area contributed by atoms with Crippen LogP contribution in [0.3, 0.4) is 0 Å². The molecule has 2 aromatic rings. The van der Waals surface area contributed by atoms with Crippen LogP contribution in [0.25, 0.3) is 11.1 Å². The molecule has 1 amide bonds. The fourth-order valence-corrected chi connectivity index (χ4v) is 3.36. The number of hydrogen-bond donors (Lipinski definition) is 2. The maximum Gasteiger partial charge on any atom is 0.408 e. The Labute approximate surface area is 163 Å². The van der Waals surface area contributed by atoms with Gasteiger partial charge in [-0.15, -0.1) is 6.58 Å². The van der Waals surface area contributed by atoms with Gasteiger partial charge in [0.15, 0.2) is 5.54 Å². The zero-order chi connectivity index (χ0) is 20.1. The minimum atomic E-state index is -1.59. The van der Waals surface area contributed by atoms with Gasteiger partial charge in [-0.3, -0.25) is 0 Å². The van der Waals surface area contributed by atoms with Crippen LogP contribution >= 0.6 is 0 Å². The number of fused-ring (bicyclic) bond motifs is 3. The number of rotatable bonds is 8. The summed E-state index contributed by atoms with van der Waals surface area (Å²) < 4.78 is 10.6. The quantitative estimate of drug-likeness (QED) is 0.539. The van der Waals surface area contributed by atoms with Gasteiger partial charge >= 0.3 is 12.1 Å². The predicted octanol–water partition coefficient (Wildman–Crippen LogP) is 3.57. The van der Waals surface area contributed by atoms with Crippen molar-refractivity contribution in [3.05, 3.63) is 72.3 Å². The van der Waals surface area contributed by atoms with E-state index >= 15 is 0 Å². The molecule has 0 aromatic heterocycles. The van der Waals surface area contributed by atoms with Crippen molar-refractivity contribution in [3.8, 4) is 11.1 Å². The lowest BCUT2D eigenvalue weighted by Gasteiger charge is -2.25. The SMILES string of the molecule is C=CCOC[C@@](C)(NC(=O)OCC1c2ccccc2-c2ccccc21)C(=O)O. The van der Waals surface area contributed by atoms with Gasteiger partial charge in [-0.2, -0.15) is 0 Å². The Kier molecular flexibility index (Phi) is 5.80. The van der Waals surface area contributed by atoms with Crippen LogP contribution in [0.4, 0.5) is 4.79 Å². The van der Waals surface area contributed by atoms with E-state index in [1.165, 1.54) is 13.0 Å². The Morgan fingerprint density at radius 2 is 1.71 bits per heavy atom. The fraction of sp³-hybridized carbons (Fsp3) is 0.273. The van der Waals surface area contributed by atoms with Gasteiger partial charge in [0.05, 0.1) is 13.2 Å². The number of carbonyl (C=O) groups is 2. The molecule has 3 rings (SSSR count). The fourth-order valence-electron chi connectivity index (χ4n) is 3.36. The van der Waals surface area contributed by atoms with Crippen molar-refractivity contribution in [2.24, 2.45) is 0 Å². The molecule has 28 heavy (non-hydrogen) atoms. The molecule has 0 unspecified atom stereocenters. The van der Waals surface area contributed by atoms with Crippen molar-refractivity contribution in [2.75, 3.05) is 19.8 Å². The topological polar surface area (TPSA) is 84.9 Å². The van der Waals surface area contributed by atoms with E-state index in [1.807, 2.05) is 48.5 Å². The zero-order valence-corrected chi connectivity index (χ0v) is 15.7. The number of nitrogens with one attached hydrogen (secondary N) is 1. The second-order valence-electron chi connectivity index (χ2n) is 6.89. The molecule has 0 saturated heterocycles. The normalized spacial score (nSPS) is 14.5. The average molecular weight is 381 g/mol. The van der Waals surface area contributed by atoms with Gasteiger partial charge < -0.3 is 19.9 Å². The van der Waals surface area contributed by atoms with E-state index in [2.05, 4.69) is 11.9 Å². The van der Waals surface area contributed by atoms with Crippen LogP contribution in [0.15, 0.2) is 61.2 Å². The van der Waals surface area contributed by atoms with Crippen LogP contribution in [0.5, 0.6) is 0 Å². The van der Waals surface area contributed by atoms with Crippen LogP contribution in [0, 0.1) is 0 Å². The van der Waals surface area contributed by atoms with Crippen LogP contribution < -0.4 is 5.32 Å². The Morgan fingerprint density at radius 1 is 1.14 bits per heavy atom. The van der Waals surface area contributed by atoms with E-state index in [4.69, 9.17) is 9.47 Å². The summed E-state index contributed by atoms with van der Waals surface area (Å²) in [7, 11) is 0. The number of amides is 1. The van der Waals surface area contributed by atoms with E-state index in [0.29, 0.717) is 0 Å². The first-order valence-electron chi connectivity index (χ1n) is 9.01. The van der Waals surface area contributed by atoms with E-state index < -0.39 is 17.6 Å². The maximum absolute atomic E-state index is 12.3. The van der Waals surface area contributed by atoms with E-state index in [1.54, 1.807) is 0 Å². The minimum Gasteiger partial charge on any atom is -0.479 e. The van der Waals surface area contributed by atoms with Crippen molar-refractivity contribution in [1.82, 2.24) is 5.32 Å². The minimum absolute atomic E-state index is 0.0914. The summed E-state index contributed by atoms with van der Waals surface area (Å²) in [6, 6.07) is 16.0. The number of aliphatic carboxylic acids is 1. The first-order valence-corrected chi connectivity index (χ1v) is 9.01. The molecule has 0 heterocycles. The smallest absolute Gasteiger partial charge is 0.408 e. The number of carboxylic acids is 1. The number of benzene rings is 2. The van der Waals surface area contributed by atoms with Crippen LogP contribution in [-0.4, -0.2) is 42.5 Å². The highest BCUT2D eigenvalue weighted by molar-refractivity contribution is 5.84. The summed E-state index contributed by atoms with van der Waals surface area (Å²) >= 11 is 0. The molecule has 0 fully saturated rings. The zero-order valence-electron chi connectivity index (χ0n) is 15.7. The van der Waals surface area contributed by atoms with Gasteiger partial charge in [0, 0.05) is 5.92 Å². The van der Waals surface area contributed by atoms with Crippen molar-refractivity contribution in [3.63, 3.8) is 0 Å². The molecule has 0 saturated carbocycles. The third-order valence-corrected chi connectivity index (χ3v) is 4.82. The van der Waals surface area contributed by atoms with Gasteiger partial charge in [-0.05, 0) is 29.2 Å². The van der Waals surface area contributed by atoms with Gasteiger partial charge in [-0.25, -0.2) is 9.59 Å². The van der Waals surface area contributed by atoms with Crippen molar-refractivity contribution < 1.29 is 24.2 Å². The molecule has 0 spiro atoms. The highest BCUT2D eigenvalue weighted by Crippen LogP contribution is 2.44. The molecule has 6 nitrogen and oxygen atoms in total. The van der Waals surface area contributed by atoms with Gasteiger partial charge in [-0.1, -0.05) is 54.6 Å². The highest BCUT2D eigenvalue weighted by Gasteiger charge is 2.36. The largest absolute Gasteiger partial charge is 0.479 e. The lowest BCUT2D eigenvalue weighted by Crippen LogP contribution is -2.55. The number of carbonyl (C=O) groups excluding carboxylic acids is 1. The molecule has 2 aromatic carbocycles. The number of alkyl carbamates (subject to hydrolysis) is 1. The number of ether oxygens (including phenoxy) is 2. The summed E-state index contributed by atoms with van der Waals surface area (Å²) in [6.07, 6.45) is 0.712. The Balaban J connectivity index is 1.69. The molecule has 6 heteroatoms. The van der Waals surface area contributed by atoms with Crippen LogP contribution in [0.1, 0.15) is 24.0 Å². The molecular weight excluding hydrogens is 358 g/mol. The summed E-state index contributed by atoms with van der Waals surface area (Å²) in [6.45, 7) is 4.99. The summed E-state index contributed by atoms with van der Waals surface area (Å²) in [5.41, 5.74) is 2.84. The van der Waals surface area contributed by atoms with Gasteiger partial charge in [0.1, 0.15) is 6.61 Å². The first-order chi connectivity index (χ1) is 13.5. The second-order valence-corrected chi connectivity index (χ2v) is 6.89. The molecule has 0 radical (unpaired) electrons. The predicted molar refractivity (Wildman–Crippen MR) is 105 cm³/mol. The van der Waals surface area contributed by atoms with Gasteiger partial charge in [0.2, 0.25) is 0 Å². The molecular formula is C22H23NO5. The molecule has 146 valence electrons. The summed E-state index contributed by atoms with van der Waals surface area (Å²) in [5.74, 6) is -1.30. The van der Waals surface area contributed by atoms with Crippen LogP contribution in [-0.2, 0) is 14.3 Å². The Bertz CT molecular complexity index is 849. The number of hydrogen-bond acceptors (Lipinski definition) is 4. The Hall–Kier alpha value is -3.12. The highest BCUT2D eigenvalue weighted by atomic mass is 16.6. The lowest BCUT2D eigenvalue weighted by atomic mass is 9.98. The van der Waals surface area contributed by atoms with E-state index in [0.717, 1.165) is 22.3 Å². The van der Waals surface area contributed by atoms with Crippen molar-refractivity contribution >= 4 is 12.1 Å². The van der Waals surface area contributed by atoms with E-state index in [-0.39, 0.29) is 25.7 Å². The average Bonchev–Trinajstić information content (AvgIpc) is 3.00. The molecule has 0 aliphatic heterocycles.